The van der Waals surface area contributed by atoms with E-state index in [1.807, 2.05) is 20.8 Å². The highest BCUT2D eigenvalue weighted by molar-refractivity contribution is 5.81. The van der Waals surface area contributed by atoms with Crippen LogP contribution in [0.2, 0.25) is 0 Å². The van der Waals surface area contributed by atoms with Gasteiger partial charge in [0.1, 0.15) is 0 Å². The summed E-state index contributed by atoms with van der Waals surface area (Å²) in [7, 11) is 1.68. The minimum absolute atomic E-state index is 0.0550. The first kappa shape index (κ1) is 16.6. The molecule has 1 aromatic carbocycles. The zero-order valence-corrected chi connectivity index (χ0v) is 13.9. The van der Waals surface area contributed by atoms with Crippen LogP contribution < -0.4 is 14.8 Å². The molecule has 122 valence electrons. The van der Waals surface area contributed by atoms with E-state index in [0.717, 1.165) is 31.0 Å². The molecule has 0 aromatic heterocycles. The summed E-state index contributed by atoms with van der Waals surface area (Å²) < 4.78 is 11.4. The second-order valence-corrected chi connectivity index (χ2v) is 5.44. The van der Waals surface area contributed by atoms with E-state index in [-0.39, 0.29) is 11.9 Å². The van der Waals surface area contributed by atoms with Gasteiger partial charge in [-0.15, -0.1) is 0 Å². The van der Waals surface area contributed by atoms with Crippen LogP contribution in [0.3, 0.4) is 0 Å². The molecular weight excluding hydrogens is 280 g/mol. The maximum Gasteiger partial charge on any atom is 0.236 e. The van der Waals surface area contributed by atoms with Gasteiger partial charge in [-0.05, 0) is 50.5 Å². The first-order valence-corrected chi connectivity index (χ1v) is 7.97. The van der Waals surface area contributed by atoms with Crippen molar-refractivity contribution in [2.75, 3.05) is 26.8 Å². The van der Waals surface area contributed by atoms with Crippen molar-refractivity contribution in [1.82, 2.24) is 10.2 Å². The number of carbonyl (C=O) groups excluding carboxylic acids is 1. The van der Waals surface area contributed by atoms with Gasteiger partial charge in [0, 0.05) is 20.1 Å². The molecule has 1 aromatic rings. The summed E-state index contributed by atoms with van der Waals surface area (Å²) in [5, 5.41) is 2.72. The third-order valence-corrected chi connectivity index (χ3v) is 4.08. The first-order chi connectivity index (χ1) is 10.6. The molecule has 1 N–H and O–H groups in total. The second kappa shape index (κ2) is 7.49. The Bertz CT molecular complexity index is 531. The molecule has 1 aliphatic rings. The van der Waals surface area contributed by atoms with Gasteiger partial charge >= 0.3 is 0 Å². The minimum atomic E-state index is -0.125. The predicted molar refractivity (Wildman–Crippen MR) is 86.4 cm³/mol. The summed E-state index contributed by atoms with van der Waals surface area (Å²) >= 11 is 0. The highest BCUT2D eigenvalue weighted by atomic mass is 16.5. The number of nitrogens with one attached hydrogen (secondary N) is 1. The van der Waals surface area contributed by atoms with Crippen molar-refractivity contribution < 1.29 is 14.3 Å². The summed E-state index contributed by atoms with van der Waals surface area (Å²) in [6.45, 7) is 8.76. The Hall–Kier alpha value is -1.75. The fourth-order valence-electron chi connectivity index (χ4n) is 2.83. The SMILES string of the molecule is CCOc1cc2c(cc1OCC)CN([C@H](C)C(=O)NC)CC2. The number of benzene rings is 1. The molecule has 2 rings (SSSR count). The molecule has 0 radical (unpaired) electrons. The topological polar surface area (TPSA) is 50.8 Å². The Balaban J connectivity index is 2.23. The number of fused-ring (bicyclic) bond motifs is 1. The van der Waals surface area contributed by atoms with Gasteiger partial charge in [0.2, 0.25) is 5.91 Å². The molecule has 0 unspecified atom stereocenters. The Morgan fingerprint density at radius 3 is 2.36 bits per heavy atom. The largest absolute Gasteiger partial charge is 0.490 e. The molecule has 1 aliphatic heterocycles. The van der Waals surface area contributed by atoms with E-state index in [1.165, 1.54) is 11.1 Å². The molecule has 0 saturated heterocycles. The molecule has 5 heteroatoms. The van der Waals surface area contributed by atoms with E-state index < -0.39 is 0 Å². The molecule has 1 atom stereocenters. The third-order valence-electron chi connectivity index (χ3n) is 4.08. The minimum Gasteiger partial charge on any atom is -0.490 e. The highest BCUT2D eigenvalue weighted by Crippen LogP contribution is 2.34. The van der Waals surface area contributed by atoms with Crippen molar-refractivity contribution >= 4 is 5.91 Å². The number of hydrogen-bond acceptors (Lipinski definition) is 4. The van der Waals surface area contributed by atoms with Crippen LogP contribution >= 0.6 is 0 Å². The van der Waals surface area contributed by atoms with Crippen molar-refractivity contribution in [3.05, 3.63) is 23.3 Å². The van der Waals surface area contributed by atoms with Gasteiger partial charge in [0.15, 0.2) is 11.5 Å². The van der Waals surface area contributed by atoms with Crippen molar-refractivity contribution in [2.24, 2.45) is 0 Å². The van der Waals surface area contributed by atoms with Gasteiger partial charge in [-0.25, -0.2) is 0 Å². The van der Waals surface area contributed by atoms with E-state index in [0.29, 0.717) is 13.2 Å². The number of rotatable bonds is 6. The van der Waals surface area contributed by atoms with E-state index in [1.54, 1.807) is 7.05 Å². The van der Waals surface area contributed by atoms with Crippen LogP contribution in [0.1, 0.15) is 31.9 Å². The molecule has 0 aliphatic carbocycles. The van der Waals surface area contributed by atoms with Crippen LogP contribution in [0.4, 0.5) is 0 Å². The van der Waals surface area contributed by atoms with Crippen molar-refractivity contribution in [2.45, 2.75) is 39.8 Å². The summed E-state index contributed by atoms with van der Waals surface area (Å²) in [6.07, 6.45) is 0.920. The van der Waals surface area contributed by atoms with E-state index in [4.69, 9.17) is 9.47 Å². The molecular formula is C17H26N2O3. The molecule has 0 spiro atoms. The Kier molecular flexibility index (Phi) is 5.66. The van der Waals surface area contributed by atoms with E-state index in [9.17, 15) is 4.79 Å². The molecule has 0 bridgehead atoms. The van der Waals surface area contributed by atoms with Crippen molar-refractivity contribution in [3.63, 3.8) is 0 Å². The predicted octanol–water partition coefficient (Wildman–Crippen LogP) is 1.98. The van der Waals surface area contributed by atoms with E-state index >= 15 is 0 Å². The zero-order valence-electron chi connectivity index (χ0n) is 13.9. The number of ether oxygens (including phenoxy) is 2. The zero-order chi connectivity index (χ0) is 16.1. The standard InChI is InChI=1S/C17H26N2O3/c1-5-21-15-9-13-7-8-19(12(3)17(20)18-4)11-14(13)10-16(15)22-6-2/h9-10,12H,5-8,11H2,1-4H3,(H,18,20)/t12-/m1/s1. The molecule has 0 saturated carbocycles. The van der Waals surface area contributed by atoms with Gasteiger partial charge < -0.3 is 14.8 Å². The fraction of sp³-hybridized carbons (Fsp3) is 0.588. The molecule has 0 fully saturated rings. The number of amides is 1. The van der Waals surface area contributed by atoms with Crippen LogP contribution in [0.15, 0.2) is 12.1 Å². The molecule has 1 heterocycles. The van der Waals surface area contributed by atoms with Gasteiger partial charge in [-0.1, -0.05) is 0 Å². The van der Waals surface area contributed by atoms with Crippen molar-refractivity contribution in [3.8, 4) is 11.5 Å². The fourth-order valence-corrected chi connectivity index (χ4v) is 2.83. The number of carbonyl (C=O) groups is 1. The van der Waals surface area contributed by atoms with Crippen molar-refractivity contribution in [1.29, 1.82) is 0 Å². The van der Waals surface area contributed by atoms with Crippen LogP contribution in [-0.4, -0.2) is 43.7 Å². The Labute approximate surface area is 132 Å². The Morgan fingerprint density at radius 1 is 1.23 bits per heavy atom. The second-order valence-electron chi connectivity index (χ2n) is 5.44. The highest BCUT2D eigenvalue weighted by Gasteiger charge is 2.26. The monoisotopic (exact) mass is 306 g/mol. The normalized spacial score (nSPS) is 15.8. The molecule has 5 nitrogen and oxygen atoms in total. The van der Waals surface area contributed by atoms with Crippen LogP contribution in [0.25, 0.3) is 0 Å². The van der Waals surface area contributed by atoms with Gasteiger partial charge in [0.25, 0.3) is 0 Å². The lowest BCUT2D eigenvalue weighted by Gasteiger charge is -2.33. The maximum absolute atomic E-state index is 11.8. The van der Waals surface area contributed by atoms with Crippen LogP contribution in [-0.2, 0) is 17.8 Å². The van der Waals surface area contributed by atoms with Crippen LogP contribution in [0, 0.1) is 0 Å². The van der Waals surface area contributed by atoms with Gasteiger partial charge in [0.05, 0.1) is 19.3 Å². The lowest BCUT2D eigenvalue weighted by molar-refractivity contribution is -0.125. The van der Waals surface area contributed by atoms with Gasteiger partial charge in [-0.2, -0.15) is 0 Å². The average molecular weight is 306 g/mol. The lowest BCUT2D eigenvalue weighted by atomic mass is 9.97. The van der Waals surface area contributed by atoms with Gasteiger partial charge in [-0.3, -0.25) is 9.69 Å². The summed E-state index contributed by atoms with van der Waals surface area (Å²) in [6, 6.07) is 4.03. The average Bonchev–Trinajstić information content (AvgIpc) is 2.54. The van der Waals surface area contributed by atoms with Crippen LogP contribution in [0.5, 0.6) is 11.5 Å². The number of nitrogens with zero attached hydrogens (tertiary/aromatic N) is 1. The molecule has 22 heavy (non-hydrogen) atoms. The molecule has 1 amide bonds. The smallest absolute Gasteiger partial charge is 0.236 e. The maximum atomic E-state index is 11.8. The summed E-state index contributed by atoms with van der Waals surface area (Å²) in [5.41, 5.74) is 2.50. The van der Waals surface area contributed by atoms with E-state index in [2.05, 4.69) is 22.3 Å². The third kappa shape index (κ3) is 3.53. The lowest BCUT2D eigenvalue weighted by Crippen LogP contribution is -2.46. The Morgan fingerprint density at radius 2 is 1.82 bits per heavy atom. The number of likely N-dealkylation sites (N-methyl/N-ethyl adjacent to an activating group) is 1. The number of hydrogen-bond donors (Lipinski definition) is 1. The summed E-state index contributed by atoms with van der Waals surface area (Å²) in [4.78, 5) is 14.0. The summed E-state index contributed by atoms with van der Waals surface area (Å²) in [5.74, 6) is 1.66. The quantitative estimate of drug-likeness (QED) is 0.873. The first-order valence-electron chi connectivity index (χ1n) is 7.97.